The van der Waals surface area contributed by atoms with Crippen LogP contribution in [0.25, 0.3) is 11.4 Å². The molecule has 0 saturated heterocycles. The van der Waals surface area contributed by atoms with Crippen LogP contribution < -0.4 is 10.2 Å². The molecule has 0 saturated carbocycles. The van der Waals surface area contributed by atoms with Crippen LogP contribution in [0.1, 0.15) is 13.8 Å². The van der Waals surface area contributed by atoms with Gasteiger partial charge in [0.1, 0.15) is 5.69 Å². The van der Waals surface area contributed by atoms with Crippen molar-refractivity contribution in [3.05, 3.63) is 30.6 Å². The molecule has 0 aromatic carbocycles. The Labute approximate surface area is 128 Å². The third kappa shape index (κ3) is 12.4. The Kier molecular flexibility index (Phi) is 12.1. The monoisotopic (exact) mass is 370 g/mol. The number of aliphatic carboxylic acids is 2. The minimum absolute atomic E-state index is 0. The predicted octanol–water partition coefficient (Wildman–Crippen LogP) is -1.62. The summed E-state index contributed by atoms with van der Waals surface area (Å²) in [6, 6.07) is 5.67. The maximum atomic E-state index is 8.89. The number of H-pyrrole nitrogens is 1. The van der Waals surface area contributed by atoms with Crippen molar-refractivity contribution >= 4 is 11.9 Å². The van der Waals surface area contributed by atoms with E-state index >= 15 is 0 Å². The van der Waals surface area contributed by atoms with Gasteiger partial charge in [-0.1, -0.05) is 6.07 Å². The fraction of sp³-hybridized carbons (Fsp3) is 0.182. The van der Waals surface area contributed by atoms with Crippen LogP contribution in [0.4, 0.5) is 0 Å². The molecule has 110 valence electrons. The van der Waals surface area contributed by atoms with Crippen molar-refractivity contribution in [3.8, 4) is 11.4 Å². The number of carbonyl (C=O) groups is 2. The topological polar surface area (TPSA) is 135 Å². The SMILES string of the molecule is CC(=O)[O-].CC(=O)[O-].[Pd+2].c1ccc(-c2cn[nH]n2)nc1. The largest absolute Gasteiger partial charge is 2.00 e. The molecule has 2 aromatic heterocycles. The van der Waals surface area contributed by atoms with E-state index < -0.39 is 11.9 Å². The van der Waals surface area contributed by atoms with Crippen LogP contribution in [0.3, 0.4) is 0 Å². The molecular weight excluding hydrogens is 359 g/mol. The van der Waals surface area contributed by atoms with Gasteiger partial charge in [0.05, 0.1) is 11.9 Å². The van der Waals surface area contributed by atoms with Crippen molar-refractivity contribution in [2.75, 3.05) is 0 Å². The molecule has 2 aromatic rings. The van der Waals surface area contributed by atoms with Crippen molar-refractivity contribution in [2.24, 2.45) is 0 Å². The third-order valence-corrected chi connectivity index (χ3v) is 1.34. The zero-order valence-corrected chi connectivity index (χ0v) is 12.2. The van der Waals surface area contributed by atoms with E-state index in [4.69, 9.17) is 19.8 Å². The van der Waals surface area contributed by atoms with Crippen molar-refractivity contribution < 1.29 is 40.2 Å². The number of nitrogens with one attached hydrogen (secondary N) is 1. The van der Waals surface area contributed by atoms with Crippen molar-refractivity contribution in [1.82, 2.24) is 20.4 Å². The van der Waals surface area contributed by atoms with Gasteiger partial charge in [-0.05, 0) is 26.0 Å². The second kappa shape index (κ2) is 12.0. The van der Waals surface area contributed by atoms with Gasteiger partial charge in [-0.2, -0.15) is 15.4 Å². The fourth-order valence-corrected chi connectivity index (χ4v) is 0.839. The molecule has 0 amide bonds. The van der Waals surface area contributed by atoms with E-state index in [1.165, 1.54) is 0 Å². The van der Waals surface area contributed by atoms with Gasteiger partial charge in [0, 0.05) is 18.1 Å². The summed E-state index contributed by atoms with van der Waals surface area (Å²) in [6.07, 6.45) is 3.37. The average Bonchev–Trinajstić information content (AvgIpc) is 2.82. The Hall–Kier alpha value is -2.11. The van der Waals surface area contributed by atoms with Crippen molar-refractivity contribution in [1.29, 1.82) is 0 Å². The van der Waals surface area contributed by atoms with Crippen molar-refractivity contribution in [3.63, 3.8) is 0 Å². The first-order chi connectivity index (χ1) is 8.93. The molecule has 9 heteroatoms. The molecular formula is C11H12N4O4Pd. The Morgan fingerprint density at radius 1 is 1.10 bits per heavy atom. The van der Waals surface area contributed by atoms with E-state index in [-0.39, 0.29) is 20.4 Å². The van der Waals surface area contributed by atoms with Gasteiger partial charge < -0.3 is 19.8 Å². The van der Waals surface area contributed by atoms with Crippen LogP contribution in [0.2, 0.25) is 0 Å². The van der Waals surface area contributed by atoms with Gasteiger partial charge in [0.2, 0.25) is 0 Å². The number of carboxylic acids is 2. The number of carbonyl (C=O) groups excluding carboxylic acids is 2. The summed E-state index contributed by atoms with van der Waals surface area (Å²) in [4.78, 5) is 21.9. The molecule has 0 aliphatic carbocycles. The molecule has 8 nitrogen and oxygen atoms in total. The normalized spacial score (nSPS) is 7.90. The van der Waals surface area contributed by atoms with E-state index in [0.717, 1.165) is 25.2 Å². The molecule has 0 unspecified atom stereocenters. The van der Waals surface area contributed by atoms with Crippen LogP contribution in [0, 0.1) is 0 Å². The first-order valence-corrected chi connectivity index (χ1v) is 5.05. The van der Waals surface area contributed by atoms with Gasteiger partial charge in [0.25, 0.3) is 0 Å². The molecule has 0 aliphatic heterocycles. The third-order valence-electron chi connectivity index (χ3n) is 1.34. The summed E-state index contributed by atoms with van der Waals surface area (Å²) >= 11 is 0. The Balaban J connectivity index is 0. The minimum atomic E-state index is -1.08. The second-order valence-corrected chi connectivity index (χ2v) is 3.05. The summed E-state index contributed by atoms with van der Waals surface area (Å²) in [6.45, 7) is 1.94. The van der Waals surface area contributed by atoms with Crippen molar-refractivity contribution in [2.45, 2.75) is 13.8 Å². The summed E-state index contributed by atoms with van der Waals surface area (Å²) in [5.74, 6) is -2.17. The molecule has 0 aliphatic rings. The number of carboxylic acid groups (broad SMARTS) is 2. The van der Waals surface area contributed by atoms with E-state index in [9.17, 15) is 0 Å². The molecule has 0 fully saturated rings. The van der Waals surface area contributed by atoms with Crippen LogP contribution in [0.5, 0.6) is 0 Å². The zero-order chi connectivity index (χ0) is 14.7. The molecule has 2 rings (SSSR count). The van der Waals surface area contributed by atoms with Gasteiger partial charge in [-0.25, -0.2) is 0 Å². The summed E-state index contributed by atoms with van der Waals surface area (Å²) < 4.78 is 0. The summed E-state index contributed by atoms with van der Waals surface area (Å²) in [5, 5.41) is 27.9. The molecule has 20 heavy (non-hydrogen) atoms. The average molecular weight is 371 g/mol. The van der Waals surface area contributed by atoms with Gasteiger partial charge >= 0.3 is 20.4 Å². The van der Waals surface area contributed by atoms with E-state index in [2.05, 4.69) is 20.4 Å². The number of aromatic amines is 1. The van der Waals surface area contributed by atoms with E-state index in [1.54, 1.807) is 12.4 Å². The van der Waals surface area contributed by atoms with Crippen LogP contribution in [0.15, 0.2) is 30.6 Å². The second-order valence-electron chi connectivity index (χ2n) is 3.05. The molecule has 2 heterocycles. The molecule has 1 N–H and O–H groups in total. The maximum Gasteiger partial charge on any atom is 2.00 e. The molecule has 0 atom stereocenters. The van der Waals surface area contributed by atoms with Crippen LogP contribution in [-0.2, 0) is 30.0 Å². The van der Waals surface area contributed by atoms with Gasteiger partial charge in [0.15, 0.2) is 0 Å². The summed E-state index contributed by atoms with van der Waals surface area (Å²) in [5.41, 5.74) is 1.60. The molecule has 0 radical (unpaired) electrons. The number of hydrogen-bond acceptors (Lipinski definition) is 7. The predicted molar refractivity (Wildman–Crippen MR) is 61.0 cm³/mol. The van der Waals surface area contributed by atoms with Gasteiger partial charge in [-0.3, -0.25) is 4.98 Å². The minimum Gasteiger partial charge on any atom is -0.550 e. The Bertz CT molecular complexity index is 470. The quantitative estimate of drug-likeness (QED) is 0.596. The number of rotatable bonds is 1. The Morgan fingerprint density at radius 3 is 2.00 bits per heavy atom. The number of aromatic nitrogens is 4. The number of hydrogen-bond donors (Lipinski definition) is 1. The van der Waals surface area contributed by atoms with E-state index in [1.807, 2.05) is 18.2 Å². The van der Waals surface area contributed by atoms with Crippen LogP contribution >= 0.6 is 0 Å². The number of nitrogens with zero attached hydrogens (tertiary/aromatic N) is 3. The summed E-state index contributed by atoms with van der Waals surface area (Å²) in [7, 11) is 0. The van der Waals surface area contributed by atoms with E-state index in [0.29, 0.717) is 0 Å². The Morgan fingerprint density at radius 2 is 1.65 bits per heavy atom. The van der Waals surface area contributed by atoms with Gasteiger partial charge in [-0.15, -0.1) is 0 Å². The molecule has 0 spiro atoms. The fourth-order valence-electron chi connectivity index (χ4n) is 0.839. The zero-order valence-electron chi connectivity index (χ0n) is 10.7. The first-order valence-electron chi connectivity index (χ1n) is 5.05. The first kappa shape index (κ1) is 20.2. The standard InChI is InChI=1S/C7H6N4.2C2H4O2.Pd/c1-2-4-8-6(3-1)7-5-9-11-10-7;2*1-2(3)4;/h1-5H,(H,9,10,11);2*1H3,(H,3,4);/q;;;+2/p-2. The smallest absolute Gasteiger partial charge is 0.550 e. The van der Waals surface area contributed by atoms with Crippen LogP contribution in [-0.4, -0.2) is 32.3 Å². The number of pyridine rings is 1. The molecule has 0 bridgehead atoms. The maximum absolute atomic E-state index is 8.89.